The van der Waals surface area contributed by atoms with Gasteiger partial charge in [0.2, 0.25) is 5.91 Å². The van der Waals surface area contributed by atoms with Crippen LogP contribution < -0.4 is 10.6 Å². The molecule has 2 atom stereocenters. The summed E-state index contributed by atoms with van der Waals surface area (Å²) in [5.41, 5.74) is 0.864. The molecule has 1 heterocycles. The van der Waals surface area contributed by atoms with Crippen molar-refractivity contribution in [1.29, 1.82) is 0 Å². The van der Waals surface area contributed by atoms with Crippen molar-refractivity contribution in [3.05, 3.63) is 39.9 Å². The van der Waals surface area contributed by atoms with Crippen LogP contribution in [0.3, 0.4) is 0 Å². The van der Waals surface area contributed by atoms with Crippen molar-refractivity contribution in [2.24, 2.45) is 5.92 Å². The molecule has 1 aliphatic rings. The topological polar surface area (TPSA) is 93.5 Å². The highest BCUT2D eigenvalue weighted by Gasteiger charge is 2.32. The van der Waals surface area contributed by atoms with Crippen LogP contribution in [0.25, 0.3) is 0 Å². The number of amides is 1. The Morgan fingerprint density at radius 3 is 2.70 bits per heavy atom. The minimum Gasteiger partial charge on any atom is -0.379 e. The van der Waals surface area contributed by atoms with E-state index >= 15 is 0 Å². The van der Waals surface area contributed by atoms with Crippen LogP contribution in [0, 0.1) is 16.0 Å². The molecule has 0 bridgehead atoms. The first kappa shape index (κ1) is 14.4. The fraction of sp³-hybridized carbons (Fsp3) is 0.462. The predicted molar refractivity (Wildman–Crippen MR) is 72.1 cm³/mol. The maximum atomic E-state index is 12.0. The van der Waals surface area contributed by atoms with E-state index < -0.39 is 4.92 Å². The maximum absolute atomic E-state index is 12.0. The summed E-state index contributed by atoms with van der Waals surface area (Å²) in [6, 6.07) is 6.16. The van der Waals surface area contributed by atoms with Crippen LogP contribution in [0.2, 0.25) is 0 Å². The summed E-state index contributed by atoms with van der Waals surface area (Å²) in [7, 11) is 1.80. The average Bonchev–Trinajstić information content (AvgIpc) is 2.93. The molecule has 0 aromatic heterocycles. The van der Waals surface area contributed by atoms with Crippen LogP contribution in [0.1, 0.15) is 5.56 Å². The number of hydrogen-bond donors (Lipinski definition) is 2. The number of non-ortho nitro benzene ring substituents is 1. The van der Waals surface area contributed by atoms with Crippen molar-refractivity contribution in [2.75, 3.05) is 20.3 Å². The molecule has 1 aliphatic heterocycles. The normalized spacial score (nSPS) is 21.6. The van der Waals surface area contributed by atoms with E-state index in [-0.39, 0.29) is 23.6 Å². The zero-order valence-electron chi connectivity index (χ0n) is 11.2. The van der Waals surface area contributed by atoms with Gasteiger partial charge in [-0.2, -0.15) is 0 Å². The van der Waals surface area contributed by atoms with Gasteiger partial charge in [-0.25, -0.2) is 0 Å². The number of nitrogens with one attached hydrogen (secondary N) is 2. The van der Waals surface area contributed by atoms with Crippen LogP contribution in [-0.4, -0.2) is 37.1 Å². The number of nitrogens with zero attached hydrogens (tertiary/aromatic N) is 1. The second kappa shape index (κ2) is 6.44. The number of carbonyl (C=O) groups is 1. The van der Waals surface area contributed by atoms with Crippen molar-refractivity contribution in [2.45, 2.75) is 12.6 Å². The van der Waals surface area contributed by atoms with Gasteiger partial charge in [0.25, 0.3) is 5.69 Å². The summed E-state index contributed by atoms with van der Waals surface area (Å²) < 4.78 is 5.28. The molecule has 2 rings (SSSR count). The highest BCUT2D eigenvalue weighted by atomic mass is 16.6. The molecule has 2 N–H and O–H groups in total. The Hall–Kier alpha value is -1.99. The first-order valence-corrected chi connectivity index (χ1v) is 6.38. The lowest BCUT2D eigenvalue weighted by molar-refractivity contribution is -0.384. The lowest BCUT2D eigenvalue weighted by Gasteiger charge is -2.16. The molecule has 0 radical (unpaired) electrons. The van der Waals surface area contributed by atoms with Gasteiger partial charge < -0.3 is 15.4 Å². The van der Waals surface area contributed by atoms with Gasteiger partial charge in [0.15, 0.2) is 0 Å². The molecule has 2 unspecified atom stereocenters. The largest absolute Gasteiger partial charge is 0.379 e. The zero-order chi connectivity index (χ0) is 14.5. The third-order valence-corrected chi connectivity index (χ3v) is 3.40. The summed E-state index contributed by atoms with van der Waals surface area (Å²) in [5.74, 6) is -0.266. The first-order valence-electron chi connectivity index (χ1n) is 6.38. The van der Waals surface area contributed by atoms with Gasteiger partial charge in [-0.1, -0.05) is 12.1 Å². The molecular formula is C13H17N3O4. The summed E-state index contributed by atoms with van der Waals surface area (Å²) in [4.78, 5) is 22.1. The summed E-state index contributed by atoms with van der Waals surface area (Å²) in [6.07, 6.45) is 0. The number of hydrogen-bond acceptors (Lipinski definition) is 5. The standard InChI is InChI=1S/C13H17N3O4/c1-14-12-8-20-7-11(12)13(17)15-6-9-2-4-10(5-3-9)16(18)19/h2-5,11-12,14H,6-8H2,1H3,(H,15,17). The van der Waals surface area contributed by atoms with E-state index in [1.54, 1.807) is 19.2 Å². The molecule has 1 amide bonds. The predicted octanol–water partition coefficient (Wildman–Crippen LogP) is 0.445. The smallest absolute Gasteiger partial charge is 0.269 e. The summed E-state index contributed by atoms with van der Waals surface area (Å²) >= 11 is 0. The Morgan fingerprint density at radius 2 is 2.10 bits per heavy atom. The second-order valence-corrected chi connectivity index (χ2v) is 4.68. The average molecular weight is 279 g/mol. The van der Waals surface area contributed by atoms with Crippen LogP contribution >= 0.6 is 0 Å². The van der Waals surface area contributed by atoms with Crippen LogP contribution in [-0.2, 0) is 16.1 Å². The van der Waals surface area contributed by atoms with Crippen LogP contribution in [0.4, 0.5) is 5.69 Å². The first-order chi connectivity index (χ1) is 9.61. The third kappa shape index (κ3) is 3.31. The van der Waals surface area contributed by atoms with E-state index in [1.807, 2.05) is 0 Å². The van der Waals surface area contributed by atoms with Crippen molar-refractivity contribution in [1.82, 2.24) is 10.6 Å². The van der Waals surface area contributed by atoms with Crippen molar-refractivity contribution < 1.29 is 14.5 Å². The van der Waals surface area contributed by atoms with E-state index in [4.69, 9.17) is 4.74 Å². The van der Waals surface area contributed by atoms with Gasteiger partial charge in [0, 0.05) is 24.7 Å². The molecule has 0 saturated carbocycles. The molecule has 7 nitrogen and oxygen atoms in total. The van der Waals surface area contributed by atoms with Gasteiger partial charge in [-0.3, -0.25) is 14.9 Å². The number of ether oxygens (including phenoxy) is 1. The Kier molecular flexibility index (Phi) is 4.65. The van der Waals surface area contributed by atoms with Crippen LogP contribution in [0.15, 0.2) is 24.3 Å². The lowest BCUT2D eigenvalue weighted by atomic mass is 10.0. The Morgan fingerprint density at radius 1 is 1.40 bits per heavy atom. The quantitative estimate of drug-likeness (QED) is 0.603. The monoisotopic (exact) mass is 279 g/mol. The zero-order valence-corrected chi connectivity index (χ0v) is 11.2. The van der Waals surface area contributed by atoms with Gasteiger partial charge in [0.05, 0.1) is 24.1 Å². The van der Waals surface area contributed by atoms with E-state index in [2.05, 4.69) is 10.6 Å². The fourth-order valence-corrected chi connectivity index (χ4v) is 2.15. The molecule has 1 aromatic rings. The highest BCUT2D eigenvalue weighted by Crippen LogP contribution is 2.15. The van der Waals surface area contributed by atoms with Gasteiger partial charge in [-0.05, 0) is 12.6 Å². The number of nitro groups is 1. The third-order valence-electron chi connectivity index (χ3n) is 3.40. The molecule has 0 aliphatic carbocycles. The second-order valence-electron chi connectivity index (χ2n) is 4.68. The molecular weight excluding hydrogens is 262 g/mol. The van der Waals surface area contributed by atoms with E-state index in [9.17, 15) is 14.9 Å². The maximum Gasteiger partial charge on any atom is 0.269 e. The molecule has 1 aromatic carbocycles. The Labute approximate surface area is 116 Å². The van der Waals surface area contributed by atoms with E-state index in [1.165, 1.54) is 12.1 Å². The van der Waals surface area contributed by atoms with Crippen molar-refractivity contribution in [3.63, 3.8) is 0 Å². The number of carbonyl (C=O) groups excluding carboxylic acids is 1. The minimum atomic E-state index is -0.449. The fourth-order valence-electron chi connectivity index (χ4n) is 2.15. The number of rotatable bonds is 5. The SMILES string of the molecule is CNC1COCC1C(=O)NCc1ccc([N+](=O)[O-])cc1. The molecule has 108 valence electrons. The number of benzene rings is 1. The van der Waals surface area contributed by atoms with Gasteiger partial charge >= 0.3 is 0 Å². The minimum absolute atomic E-state index is 0.0341. The summed E-state index contributed by atoms with van der Waals surface area (Å²) in [5, 5.41) is 16.4. The number of likely N-dealkylation sites (N-methyl/N-ethyl adjacent to an activating group) is 1. The van der Waals surface area contributed by atoms with Gasteiger partial charge in [-0.15, -0.1) is 0 Å². The highest BCUT2D eigenvalue weighted by molar-refractivity contribution is 5.79. The Balaban J connectivity index is 1.88. The molecule has 1 saturated heterocycles. The number of nitro benzene ring substituents is 1. The lowest BCUT2D eigenvalue weighted by Crippen LogP contribution is -2.42. The van der Waals surface area contributed by atoms with Gasteiger partial charge in [0.1, 0.15) is 0 Å². The molecule has 0 spiro atoms. The van der Waals surface area contributed by atoms with Crippen molar-refractivity contribution in [3.8, 4) is 0 Å². The van der Waals surface area contributed by atoms with Crippen molar-refractivity contribution >= 4 is 11.6 Å². The summed E-state index contributed by atoms with van der Waals surface area (Å²) in [6.45, 7) is 1.30. The molecule has 20 heavy (non-hydrogen) atoms. The van der Waals surface area contributed by atoms with Crippen LogP contribution in [0.5, 0.6) is 0 Å². The van der Waals surface area contributed by atoms with E-state index in [0.717, 1.165) is 5.56 Å². The molecule has 7 heteroatoms. The Bertz CT molecular complexity index is 489. The molecule has 1 fully saturated rings. The van der Waals surface area contributed by atoms with E-state index in [0.29, 0.717) is 19.8 Å².